The van der Waals surface area contributed by atoms with Gasteiger partial charge in [0.2, 0.25) is 0 Å². The second-order valence-electron chi connectivity index (χ2n) is 6.18. The second-order valence-corrected chi connectivity index (χ2v) is 7.00. The fraction of sp³-hybridized carbons (Fsp3) is 0.167. The topological polar surface area (TPSA) is 65.8 Å². The number of fused-ring (bicyclic) bond motifs is 1. The average molecular weight is 453 g/mol. The number of imidazole rings is 1. The monoisotopic (exact) mass is 452 g/mol. The lowest BCUT2D eigenvalue weighted by Crippen LogP contribution is -2.14. The minimum atomic E-state index is -4.50. The Morgan fingerprint density at radius 3 is 2.57 bits per heavy atom. The molecule has 0 unspecified atom stereocenters. The molecule has 0 radical (unpaired) electrons. The summed E-state index contributed by atoms with van der Waals surface area (Å²) in [6.45, 7) is 0.247. The number of pyridine rings is 1. The SMILES string of the molecule is Cn1cc(C(F)(F)F)nc1-c1ccc(Cn2c(=O)oc3cnc(Br)cc32)cc1. The van der Waals surface area contributed by atoms with E-state index in [9.17, 15) is 18.0 Å². The van der Waals surface area contributed by atoms with Crippen LogP contribution in [0.25, 0.3) is 22.5 Å². The minimum absolute atomic E-state index is 0.208. The van der Waals surface area contributed by atoms with Crippen molar-refractivity contribution in [3.63, 3.8) is 0 Å². The van der Waals surface area contributed by atoms with Gasteiger partial charge in [0.15, 0.2) is 11.3 Å². The molecule has 28 heavy (non-hydrogen) atoms. The van der Waals surface area contributed by atoms with E-state index in [1.54, 1.807) is 30.3 Å². The fourth-order valence-corrected chi connectivity index (χ4v) is 3.23. The Labute approximate surface area is 164 Å². The third-order valence-corrected chi connectivity index (χ3v) is 4.68. The van der Waals surface area contributed by atoms with E-state index in [0.29, 0.717) is 21.3 Å². The van der Waals surface area contributed by atoms with Crippen LogP contribution >= 0.6 is 15.9 Å². The van der Waals surface area contributed by atoms with Gasteiger partial charge in [-0.05, 0) is 27.6 Å². The summed E-state index contributed by atoms with van der Waals surface area (Å²) >= 11 is 3.26. The summed E-state index contributed by atoms with van der Waals surface area (Å²) in [7, 11) is 1.51. The first-order valence-corrected chi connectivity index (χ1v) is 8.86. The zero-order chi connectivity index (χ0) is 20.1. The van der Waals surface area contributed by atoms with Crippen LogP contribution in [0.1, 0.15) is 11.3 Å². The van der Waals surface area contributed by atoms with Gasteiger partial charge in [-0.2, -0.15) is 13.2 Å². The second kappa shape index (κ2) is 6.62. The number of aryl methyl sites for hydroxylation is 1. The number of aromatic nitrogens is 4. The largest absolute Gasteiger partial charge is 0.434 e. The number of nitrogens with zero attached hydrogens (tertiary/aromatic N) is 4. The van der Waals surface area contributed by atoms with Crippen molar-refractivity contribution in [3.05, 3.63) is 69.1 Å². The molecule has 0 bridgehead atoms. The van der Waals surface area contributed by atoms with E-state index in [4.69, 9.17) is 4.42 Å². The van der Waals surface area contributed by atoms with Crippen LogP contribution in [0.15, 0.2) is 56.5 Å². The van der Waals surface area contributed by atoms with Crippen molar-refractivity contribution in [3.8, 4) is 11.4 Å². The quantitative estimate of drug-likeness (QED) is 0.436. The molecule has 0 atom stereocenters. The molecule has 4 aromatic rings. The lowest BCUT2D eigenvalue weighted by molar-refractivity contribution is -0.140. The summed E-state index contributed by atoms with van der Waals surface area (Å²) in [4.78, 5) is 19.8. The van der Waals surface area contributed by atoms with Gasteiger partial charge in [0.1, 0.15) is 10.4 Å². The van der Waals surface area contributed by atoms with Crippen LogP contribution in [0, 0.1) is 0 Å². The van der Waals surface area contributed by atoms with E-state index in [2.05, 4.69) is 25.9 Å². The molecule has 0 aliphatic heterocycles. The predicted molar refractivity (Wildman–Crippen MR) is 98.7 cm³/mol. The maximum Gasteiger partial charge on any atom is 0.434 e. The van der Waals surface area contributed by atoms with Crippen molar-refractivity contribution in [1.82, 2.24) is 19.1 Å². The Morgan fingerprint density at radius 2 is 1.93 bits per heavy atom. The Bertz CT molecular complexity index is 1220. The molecule has 0 aliphatic carbocycles. The summed E-state index contributed by atoms with van der Waals surface area (Å²) in [6, 6.07) is 8.49. The normalized spacial score (nSPS) is 12.0. The van der Waals surface area contributed by atoms with Gasteiger partial charge in [0.05, 0.1) is 18.3 Å². The van der Waals surface area contributed by atoms with Crippen molar-refractivity contribution >= 4 is 27.0 Å². The van der Waals surface area contributed by atoms with Crippen molar-refractivity contribution in [1.29, 1.82) is 0 Å². The van der Waals surface area contributed by atoms with Gasteiger partial charge in [-0.25, -0.2) is 14.8 Å². The van der Waals surface area contributed by atoms with Crippen LogP contribution in [-0.4, -0.2) is 19.1 Å². The molecule has 3 aromatic heterocycles. The lowest BCUT2D eigenvalue weighted by Gasteiger charge is -2.06. The molecule has 0 saturated heterocycles. The summed E-state index contributed by atoms with van der Waals surface area (Å²) in [6.07, 6.45) is -2.09. The lowest BCUT2D eigenvalue weighted by atomic mass is 10.1. The van der Waals surface area contributed by atoms with E-state index in [1.807, 2.05) is 0 Å². The molecule has 3 heterocycles. The van der Waals surface area contributed by atoms with E-state index in [1.165, 1.54) is 22.4 Å². The summed E-state index contributed by atoms with van der Waals surface area (Å²) in [5.41, 5.74) is 1.35. The van der Waals surface area contributed by atoms with Crippen LogP contribution in [0.2, 0.25) is 0 Å². The van der Waals surface area contributed by atoms with E-state index in [0.717, 1.165) is 11.8 Å². The van der Waals surface area contributed by atoms with Gasteiger partial charge < -0.3 is 8.98 Å². The molecule has 4 rings (SSSR count). The first-order chi connectivity index (χ1) is 13.2. The van der Waals surface area contributed by atoms with Gasteiger partial charge >= 0.3 is 11.9 Å². The Morgan fingerprint density at radius 1 is 1.21 bits per heavy atom. The third kappa shape index (κ3) is 3.35. The zero-order valence-corrected chi connectivity index (χ0v) is 16.0. The average Bonchev–Trinajstić information content (AvgIpc) is 3.16. The first kappa shape index (κ1) is 18.5. The summed E-state index contributed by atoms with van der Waals surface area (Å²) < 4.78 is 47.1. The van der Waals surface area contributed by atoms with Gasteiger partial charge in [0, 0.05) is 18.8 Å². The highest BCUT2D eigenvalue weighted by Crippen LogP contribution is 2.30. The van der Waals surface area contributed by atoms with E-state index < -0.39 is 17.6 Å². The molecular formula is C18H12BrF3N4O2. The predicted octanol–water partition coefficient (Wildman–Crippen LogP) is 4.22. The highest BCUT2D eigenvalue weighted by Gasteiger charge is 2.34. The van der Waals surface area contributed by atoms with E-state index >= 15 is 0 Å². The molecule has 0 saturated carbocycles. The number of rotatable bonds is 3. The van der Waals surface area contributed by atoms with Crippen LogP contribution < -0.4 is 5.76 Å². The highest BCUT2D eigenvalue weighted by atomic mass is 79.9. The minimum Gasteiger partial charge on any atom is -0.406 e. The van der Waals surface area contributed by atoms with Crippen LogP contribution in [-0.2, 0) is 19.8 Å². The Balaban J connectivity index is 1.65. The van der Waals surface area contributed by atoms with Crippen LogP contribution in [0.5, 0.6) is 0 Å². The smallest absolute Gasteiger partial charge is 0.406 e. The molecular weight excluding hydrogens is 441 g/mol. The van der Waals surface area contributed by atoms with Gasteiger partial charge in [-0.1, -0.05) is 24.3 Å². The summed E-state index contributed by atoms with van der Waals surface area (Å²) in [5, 5.41) is 0. The number of alkyl halides is 3. The molecule has 0 spiro atoms. The molecule has 10 heteroatoms. The van der Waals surface area contributed by atoms with Gasteiger partial charge in [-0.3, -0.25) is 4.57 Å². The molecule has 0 N–H and O–H groups in total. The fourth-order valence-electron chi connectivity index (χ4n) is 2.91. The third-order valence-electron chi connectivity index (χ3n) is 4.24. The van der Waals surface area contributed by atoms with Gasteiger partial charge in [0.25, 0.3) is 0 Å². The van der Waals surface area contributed by atoms with Crippen molar-refractivity contribution in [2.24, 2.45) is 7.05 Å². The first-order valence-electron chi connectivity index (χ1n) is 8.07. The standard InChI is InChI=1S/C18H12BrF3N4O2/c1-25-9-14(18(20,21)22)24-16(25)11-4-2-10(3-5-11)8-26-12-6-15(19)23-7-13(12)28-17(26)27/h2-7,9H,8H2,1H3. The van der Waals surface area contributed by atoms with Gasteiger partial charge in [-0.15, -0.1) is 0 Å². The maximum atomic E-state index is 12.8. The van der Waals surface area contributed by atoms with Crippen molar-refractivity contribution < 1.29 is 17.6 Å². The number of hydrogen-bond acceptors (Lipinski definition) is 4. The van der Waals surface area contributed by atoms with Crippen LogP contribution in [0.4, 0.5) is 13.2 Å². The Kier molecular flexibility index (Phi) is 4.37. The number of benzene rings is 1. The molecule has 144 valence electrons. The number of halogens is 4. The number of hydrogen-bond donors (Lipinski definition) is 0. The Hall–Kier alpha value is -2.88. The molecule has 0 aliphatic rings. The highest BCUT2D eigenvalue weighted by molar-refractivity contribution is 9.10. The maximum absolute atomic E-state index is 12.8. The van der Waals surface area contributed by atoms with E-state index in [-0.39, 0.29) is 12.4 Å². The zero-order valence-electron chi connectivity index (χ0n) is 14.4. The van der Waals surface area contributed by atoms with Crippen LogP contribution in [0.3, 0.4) is 0 Å². The van der Waals surface area contributed by atoms with Crippen molar-refractivity contribution in [2.75, 3.05) is 0 Å². The molecule has 0 fully saturated rings. The number of oxazole rings is 1. The van der Waals surface area contributed by atoms with Crippen molar-refractivity contribution in [2.45, 2.75) is 12.7 Å². The molecule has 6 nitrogen and oxygen atoms in total. The molecule has 1 aromatic carbocycles. The molecule has 0 amide bonds. The summed E-state index contributed by atoms with van der Waals surface area (Å²) in [5.74, 6) is -0.308.